The maximum atomic E-state index is 6.18. The highest BCUT2D eigenvalue weighted by atomic mass is 35.5. The molecule has 1 aliphatic carbocycles. The molecule has 2 atom stereocenters. The summed E-state index contributed by atoms with van der Waals surface area (Å²) >= 11 is 6.00. The average molecular weight is 267 g/mol. The van der Waals surface area contributed by atoms with Gasteiger partial charge in [0.2, 0.25) is 0 Å². The Morgan fingerprint density at radius 1 is 1.33 bits per heavy atom. The van der Waals surface area contributed by atoms with Gasteiger partial charge in [0.1, 0.15) is 5.75 Å². The summed E-state index contributed by atoms with van der Waals surface area (Å²) in [5.41, 5.74) is 2.36. The first kappa shape index (κ1) is 13.7. The number of aryl methyl sites for hydroxylation is 1. The van der Waals surface area contributed by atoms with Crippen LogP contribution in [0.5, 0.6) is 5.75 Å². The van der Waals surface area contributed by atoms with E-state index < -0.39 is 0 Å². The molecule has 2 rings (SSSR count). The second-order valence-corrected chi connectivity index (χ2v) is 5.69. The summed E-state index contributed by atoms with van der Waals surface area (Å²) in [7, 11) is 0. The summed E-state index contributed by atoms with van der Waals surface area (Å²) in [5, 5.41) is 0. The van der Waals surface area contributed by atoms with E-state index >= 15 is 0 Å². The van der Waals surface area contributed by atoms with E-state index in [0.29, 0.717) is 12.0 Å². The van der Waals surface area contributed by atoms with Crippen molar-refractivity contribution in [3.8, 4) is 5.75 Å². The highest BCUT2D eigenvalue weighted by Crippen LogP contribution is 2.31. The minimum atomic E-state index is 0.383. The van der Waals surface area contributed by atoms with Crippen LogP contribution >= 0.6 is 11.6 Å². The quantitative estimate of drug-likeness (QED) is 0.691. The number of hydrogen-bond acceptors (Lipinski definition) is 1. The van der Waals surface area contributed by atoms with Crippen molar-refractivity contribution in [3.63, 3.8) is 0 Å². The fourth-order valence-electron chi connectivity index (χ4n) is 2.83. The summed E-state index contributed by atoms with van der Waals surface area (Å²) < 4.78 is 6.18. The van der Waals surface area contributed by atoms with Gasteiger partial charge in [0.05, 0.1) is 12.0 Å². The number of rotatable bonds is 4. The zero-order valence-electron chi connectivity index (χ0n) is 11.4. The molecule has 0 N–H and O–H groups in total. The molecule has 1 aromatic rings. The van der Waals surface area contributed by atoms with Crippen LogP contribution in [0.4, 0.5) is 0 Å². The van der Waals surface area contributed by atoms with Crippen molar-refractivity contribution in [1.82, 2.24) is 0 Å². The van der Waals surface area contributed by atoms with Gasteiger partial charge in [-0.3, -0.25) is 0 Å². The first-order valence-electron chi connectivity index (χ1n) is 7.05. The molecule has 0 heterocycles. The van der Waals surface area contributed by atoms with E-state index in [2.05, 4.69) is 32.0 Å². The topological polar surface area (TPSA) is 9.23 Å². The molecule has 100 valence electrons. The molecule has 1 saturated carbocycles. The zero-order chi connectivity index (χ0) is 13.0. The number of alkyl halides is 1. The minimum absolute atomic E-state index is 0.383. The van der Waals surface area contributed by atoms with Crippen LogP contribution in [0.25, 0.3) is 0 Å². The van der Waals surface area contributed by atoms with Crippen LogP contribution in [-0.4, -0.2) is 6.10 Å². The Kier molecular flexibility index (Phi) is 4.94. The van der Waals surface area contributed by atoms with Gasteiger partial charge < -0.3 is 4.74 Å². The predicted octanol–water partition coefficient (Wildman–Crippen LogP) is 5.08. The first-order valence-corrected chi connectivity index (χ1v) is 7.58. The third kappa shape index (κ3) is 3.41. The molecule has 18 heavy (non-hydrogen) atoms. The van der Waals surface area contributed by atoms with Gasteiger partial charge in [-0.15, -0.1) is 11.6 Å². The Hall–Kier alpha value is -0.690. The van der Waals surface area contributed by atoms with E-state index in [0.717, 1.165) is 17.2 Å². The highest BCUT2D eigenvalue weighted by Gasteiger charge is 2.22. The Morgan fingerprint density at radius 2 is 2.17 bits per heavy atom. The lowest BCUT2D eigenvalue weighted by Crippen LogP contribution is -2.25. The van der Waals surface area contributed by atoms with Crippen molar-refractivity contribution in [1.29, 1.82) is 0 Å². The molecular formula is C16H23ClO. The number of ether oxygens (including phenoxy) is 1. The molecule has 0 aromatic heterocycles. The van der Waals surface area contributed by atoms with Crippen LogP contribution in [0.15, 0.2) is 18.2 Å². The highest BCUT2D eigenvalue weighted by molar-refractivity contribution is 6.17. The van der Waals surface area contributed by atoms with E-state index in [1.54, 1.807) is 0 Å². The number of benzene rings is 1. The molecule has 0 bridgehead atoms. The first-order chi connectivity index (χ1) is 8.72. The van der Waals surface area contributed by atoms with Gasteiger partial charge in [-0.2, -0.15) is 0 Å². The van der Waals surface area contributed by atoms with E-state index in [1.165, 1.54) is 37.7 Å². The normalized spacial score (nSPS) is 23.9. The lowest BCUT2D eigenvalue weighted by atomic mass is 9.85. The standard InChI is InChI=1S/C16H23ClO/c1-3-13-5-4-6-15(10-13)18-16-8-7-12(2)9-14(16)11-17/h7-9,13,15H,3-6,10-11H2,1-2H3. The summed E-state index contributed by atoms with van der Waals surface area (Å²) in [6.45, 7) is 4.37. The van der Waals surface area contributed by atoms with Crippen LogP contribution in [0, 0.1) is 12.8 Å². The van der Waals surface area contributed by atoms with Crippen molar-refractivity contribution in [2.75, 3.05) is 0 Å². The molecular weight excluding hydrogens is 244 g/mol. The van der Waals surface area contributed by atoms with Crippen molar-refractivity contribution in [3.05, 3.63) is 29.3 Å². The van der Waals surface area contributed by atoms with Gasteiger partial charge in [0, 0.05) is 5.56 Å². The molecule has 1 aromatic carbocycles. The smallest absolute Gasteiger partial charge is 0.124 e. The Labute approximate surface area is 115 Å². The lowest BCUT2D eigenvalue weighted by molar-refractivity contribution is 0.121. The van der Waals surface area contributed by atoms with E-state index in [9.17, 15) is 0 Å². The third-order valence-electron chi connectivity index (χ3n) is 3.97. The Balaban J connectivity index is 2.04. The maximum Gasteiger partial charge on any atom is 0.124 e. The van der Waals surface area contributed by atoms with Gasteiger partial charge in [0.15, 0.2) is 0 Å². The fourth-order valence-corrected chi connectivity index (χ4v) is 3.04. The van der Waals surface area contributed by atoms with E-state index in [-0.39, 0.29) is 0 Å². The van der Waals surface area contributed by atoms with Gasteiger partial charge in [-0.1, -0.05) is 37.5 Å². The second-order valence-electron chi connectivity index (χ2n) is 5.43. The minimum Gasteiger partial charge on any atom is -0.490 e. The zero-order valence-corrected chi connectivity index (χ0v) is 12.2. The summed E-state index contributed by atoms with van der Waals surface area (Å²) in [6.07, 6.45) is 6.71. The molecule has 2 unspecified atom stereocenters. The molecule has 2 heteroatoms. The lowest BCUT2D eigenvalue weighted by Gasteiger charge is -2.29. The molecule has 1 fully saturated rings. The number of halogens is 1. The predicted molar refractivity (Wildman–Crippen MR) is 77.4 cm³/mol. The summed E-state index contributed by atoms with van der Waals surface area (Å²) in [6, 6.07) is 6.30. The van der Waals surface area contributed by atoms with Crippen LogP contribution in [0.1, 0.15) is 50.2 Å². The average Bonchev–Trinajstić information content (AvgIpc) is 2.41. The van der Waals surface area contributed by atoms with Crippen molar-refractivity contribution in [2.24, 2.45) is 5.92 Å². The van der Waals surface area contributed by atoms with Crippen LogP contribution in [0.3, 0.4) is 0 Å². The largest absolute Gasteiger partial charge is 0.490 e. The SMILES string of the molecule is CCC1CCCC(Oc2ccc(C)cc2CCl)C1. The number of hydrogen-bond donors (Lipinski definition) is 0. The van der Waals surface area contributed by atoms with Gasteiger partial charge in [-0.25, -0.2) is 0 Å². The van der Waals surface area contributed by atoms with E-state index in [4.69, 9.17) is 16.3 Å². The molecule has 0 amide bonds. The summed E-state index contributed by atoms with van der Waals surface area (Å²) in [4.78, 5) is 0. The van der Waals surface area contributed by atoms with Crippen LogP contribution in [-0.2, 0) is 5.88 Å². The van der Waals surface area contributed by atoms with Crippen LogP contribution < -0.4 is 4.74 Å². The van der Waals surface area contributed by atoms with Crippen molar-refractivity contribution >= 4 is 11.6 Å². The van der Waals surface area contributed by atoms with E-state index in [1.807, 2.05) is 0 Å². The van der Waals surface area contributed by atoms with Crippen LogP contribution in [0.2, 0.25) is 0 Å². The Bertz CT molecular complexity index is 389. The maximum absolute atomic E-state index is 6.18. The van der Waals surface area contributed by atoms with Gasteiger partial charge in [0.25, 0.3) is 0 Å². The van der Waals surface area contributed by atoms with Crippen molar-refractivity contribution < 1.29 is 4.74 Å². The summed E-state index contributed by atoms with van der Waals surface area (Å²) in [5.74, 6) is 2.35. The Morgan fingerprint density at radius 3 is 2.89 bits per heavy atom. The van der Waals surface area contributed by atoms with Gasteiger partial charge >= 0.3 is 0 Å². The van der Waals surface area contributed by atoms with Crippen molar-refractivity contribution in [2.45, 2.75) is 57.9 Å². The molecule has 0 spiro atoms. The third-order valence-corrected chi connectivity index (χ3v) is 4.25. The van der Waals surface area contributed by atoms with Gasteiger partial charge in [-0.05, 0) is 38.2 Å². The second kappa shape index (κ2) is 6.47. The fraction of sp³-hybridized carbons (Fsp3) is 0.625. The molecule has 1 aliphatic rings. The monoisotopic (exact) mass is 266 g/mol. The molecule has 0 aliphatic heterocycles. The molecule has 0 saturated heterocycles. The molecule has 0 radical (unpaired) electrons. The molecule has 1 nitrogen and oxygen atoms in total.